The van der Waals surface area contributed by atoms with Crippen LogP contribution in [0.2, 0.25) is 0 Å². The van der Waals surface area contributed by atoms with Crippen LogP contribution in [-0.2, 0) is 4.74 Å². The van der Waals surface area contributed by atoms with Gasteiger partial charge < -0.3 is 20.3 Å². The van der Waals surface area contributed by atoms with E-state index >= 15 is 0 Å². The molecule has 1 atom stereocenters. The predicted octanol–water partition coefficient (Wildman–Crippen LogP) is 3.61. The fourth-order valence-electron chi connectivity index (χ4n) is 3.06. The number of Topliss-reactive ketones (excluding diaryl/α,β-unsaturated/α-hetero) is 1. The van der Waals surface area contributed by atoms with Gasteiger partial charge in [-0.25, -0.2) is 4.79 Å². The van der Waals surface area contributed by atoms with E-state index in [1.807, 2.05) is 19.1 Å². The Labute approximate surface area is 159 Å². The third-order valence-electron chi connectivity index (χ3n) is 4.64. The number of rotatable bonds is 5. The molecule has 2 amide bonds. The Bertz CT molecular complexity index is 799. The number of hydrogen-bond acceptors (Lipinski definition) is 4. The van der Waals surface area contributed by atoms with Crippen molar-refractivity contribution in [2.75, 3.05) is 36.5 Å². The second kappa shape index (κ2) is 8.68. The summed E-state index contributed by atoms with van der Waals surface area (Å²) in [6.07, 6.45) is 0. The van der Waals surface area contributed by atoms with Crippen molar-refractivity contribution in [1.29, 1.82) is 0 Å². The van der Waals surface area contributed by atoms with Crippen molar-refractivity contribution < 1.29 is 14.3 Å². The summed E-state index contributed by atoms with van der Waals surface area (Å²) >= 11 is 0. The Morgan fingerprint density at radius 1 is 1.07 bits per heavy atom. The first-order valence-electron chi connectivity index (χ1n) is 9.14. The molecule has 3 rings (SSSR count). The first-order valence-corrected chi connectivity index (χ1v) is 9.14. The van der Waals surface area contributed by atoms with Crippen molar-refractivity contribution in [2.24, 2.45) is 0 Å². The minimum absolute atomic E-state index is 0.0345. The summed E-state index contributed by atoms with van der Waals surface area (Å²) in [7, 11) is 0. The summed E-state index contributed by atoms with van der Waals surface area (Å²) in [5.74, 6) is -0.0345. The largest absolute Gasteiger partial charge is 0.378 e. The molecule has 0 radical (unpaired) electrons. The lowest BCUT2D eigenvalue weighted by Gasteiger charge is -2.29. The van der Waals surface area contributed by atoms with Crippen molar-refractivity contribution in [1.82, 2.24) is 5.32 Å². The summed E-state index contributed by atoms with van der Waals surface area (Å²) in [5, 5.41) is 5.70. The standard InChI is InChI=1S/C21H25N3O3/c1-15(17-6-8-20(9-7-17)24-10-12-27-13-11-24)22-21(26)23-19-5-3-4-18(14-19)16(2)25/h3-9,14-15H,10-13H2,1-2H3,(H2,22,23,26)/t15-/m0/s1. The number of benzene rings is 2. The zero-order valence-electron chi connectivity index (χ0n) is 15.7. The first kappa shape index (κ1) is 18.9. The molecule has 2 aromatic rings. The van der Waals surface area contributed by atoms with Crippen LogP contribution in [0.4, 0.5) is 16.2 Å². The number of anilines is 2. The lowest BCUT2D eigenvalue weighted by Crippen LogP contribution is -2.36. The molecule has 1 aliphatic rings. The topological polar surface area (TPSA) is 70.7 Å². The van der Waals surface area contributed by atoms with Crippen LogP contribution in [0.3, 0.4) is 0 Å². The van der Waals surface area contributed by atoms with E-state index < -0.39 is 0 Å². The minimum Gasteiger partial charge on any atom is -0.378 e. The van der Waals surface area contributed by atoms with E-state index in [0.717, 1.165) is 31.9 Å². The van der Waals surface area contributed by atoms with Crippen LogP contribution in [0.25, 0.3) is 0 Å². The van der Waals surface area contributed by atoms with E-state index in [2.05, 4.69) is 27.7 Å². The van der Waals surface area contributed by atoms with Gasteiger partial charge in [-0.05, 0) is 43.7 Å². The lowest BCUT2D eigenvalue weighted by molar-refractivity contribution is 0.101. The van der Waals surface area contributed by atoms with Gasteiger partial charge in [-0.3, -0.25) is 4.79 Å². The molecular formula is C21H25N3O3. The predicted molar refractivity (Wildman–Crippen MR) is 106 cm³/mol. The van der Waals surface area contributed by atoms with Gasteiger partial charge in [0.05, 0.1) is 19.3 Å². The van der Waals surface area contributed by atoms with Gasteiger partial charge >= 0.3 is 6.03 Å². The van der Waals surface area contributed by atoms with E-state index in [-0.39, 0.29) is 17.9 Å². The van der Waals surface area contributed by atoms with E-state index in [4.69, 9.17) is 4.74 Å². The Hall–Kier alpha value is -2.86. The average Bonchev–Trinajstić information content (AvgIpc) is 2.69. The maximum atomic E-state index is 12.3. The van der Waals surface area contributed by atoms with Crippen LogP contribution in [0.5, 0.6) is 0 Å². The molecular weight excluding hydrogens is 342 g/mol. The summed E-state index contributed by atoms with van der Waals surface area (Å²) in [5.41, 5.74) is 3.36. The molecule has 0 spiro atoms. The molecule has 0 aliphatic carbocycles. The summed E-state index contributed by atoms with van der Waals surface area (Å²) in [6.45, 7) is 6.75. The van der Waals surface area contributed by atoms with E-state index in [0.29, 0.717) is 11.3 Å². The molecule has 0 saturated carbocycles. The van der Waals surface area contributed by atoms with Gasteiger partial charge in [0, 0.05) is 30.0 Å². The van der Waals surface area contributed by atoms with E-state index in [1.54, 1.807) is 24.3 Å². The molecule has 2 aromatic carbocycles. The van der Waals surface area contributed by atoms with Crippen LogP contribution >= 0.6 is 0 Å². The zero-order valence-corrected chi connectivity index (χ0v) is 15.7. The van der Waals surface area contributed by atoms with Gasteiger partial charge in [0.15, 0.2) is 5.78 Å². The third-order valence-corrected chi connectivity index (χ3v) is 4.64. The highest BCUT2D eigenvalue weighted by molar-refractivity contribution is 5.96. The molecule has 27 heavy (non-hydrogen) atoms. The van der Waals surface area contributed by atoms with Crippen molar-refractivity contribution in [3.63, 3.8) is 0 Å². The Kier molecular flexibility index (Phi) is 6.08. The molecule has 6 nitrogen and oxygen atoms in total. The Morgan fingerprint density at radius 3 is 2.44 bits per heavy atom. The maximum absolute atomic E-state index is 12.3. The second-order valence-electron chi connectivity index (χ2n) is 6.65. The molecule has 2 N–H and O–H groups in total. The van der Waals surface area contributed by atoms with E-state index in [9.17, 15) is 9.59 Å². The number of amides is 2. The smallest absolute Gasteiger partial charge is 0.319 e. The zero-order chi connectivity index (χ0) is 19.2. The normalized spacial score (nSPS) is 15.1. The van der Waals surface area contributed by atoms with Crippen LogP contribution in [0.1, 0.15) is 35.8 Å². The molecule has 1 fully saturated rings. The number of ketones is 1. The number of nitrogens with one attached hydrogen (secondary N) is 2. The number of ether oxygens (including phenoxy) is 1. The number of hydrogen-bond donors (Lipinski definition) is 2. The molecule has 0 unspecified atom stereocenters. The minimum atomic E-state index is -0.305. The van der Waals surface area contributed by atoms with Crippen LogP contribution in [0, 0.1) is 0 Å². The SMILES string of the molecule is CC(=O)c1cccc(NC(=O)N[C@@H](C)c2ccc(N3CCOCC3)cc2)c1. The number of carbonyl (C=O) groups is 2. The fraction of sp³-hybridized carbons (Fsp3) is 0.333. The third kappa shape index (κ3) is 5.08. The Balaban J connectivity index is 1.57. The molecule has 0 bridgehead atoms. The molecule has 142 valence electrons. The van der Waals surface area contributed by atoms with Gasteiger partial charge in [-0.15, -0.1) is 0 Å². The number of nitrogens with zero attached hydrogens (tertiary/aromatic N) is 1. The van der Waals surface area contributed by atoms with Crippen molar-refractivity contribution in [3.05, 3.63) is 59.7 Å². The van der Waals surface area contributed by atoms with E-state index in [1.165, 1.54) is 12.6 Å². The molecule has 1 saturated heterocycles. The van der Waals surface area contributed by atoms with Crippen molar-refractivity contribution in [2.45, 2.75) is 19.9 Å². The fourth-order valence-corrected chi connectivity index (χ4v) is 3.06. The summed E-state index contributed by atoms with van der Waals surface area (Å²) < 4.78 is 5.38. The number of morpholine rings is 1. The van der Waals surface area contributed by atoms with Gasteiger partial charge in [0.25, 0.3) is 0 Å². The van der Waals surface area contributed by atoms with Gasteiger partial charge in [-0.1, -0.05) is 24.3 Å². The molecule has 1 heterocycles. The van der Waals surface area contributed by atoms with Crippen LogP contribution in [0.15, 0.2) is 48.5 Å². The average molecular weight is 367 g/mol. The lowest BCUT2D eigenvalue weighted by atomic mass is 10.1. The Morgan fingerprint density at radius 2 is 1.78 bits per heavy atom. The molecule has 1 aliphatic heterocycles. The number of urea groups is 1. The van der Waals surface area contributed by atoms with Gasteiger partial charge in [-0.2, -0.15) is 0 Å². The van der Waals surface area contributed by atoms with Crippen molar-refractivity contribution >= 4 is 23.2 Å². The van der Waals surface area contributed by atoms with Gasteiger partial charge in [0.1, 0.15) is 0 Å². The first-order chi connectivity index (χ1) is 13.0. The highest BCUT2D eigenvalue weighted by Gasteiger charge is 2.13. The van der Waals surface area contributed by atoms with Crippen LogP contribution < -0.4 is 15.5 Å². The van der Waals surface area contributed by atoms with Crippen LogP contribution in [-0.4, -0.2) is 38.1 Å². The van der Waals surface area contributed by atoms with Crippen molar-refractivity contribution in [3.8, 4) is 0 Å². The monoisotopic (exact) mass is 367 g/mol. The second-order valence-corrected chi connectivity index (χ2v) is 6.65. The molecule has 6 heteroatoms. The number of carbonyl (C=O) groups excluding carboxylic acids is 2. The summed E-state index contributed by atoms with van der Waals surface area (Å²) in [6, 6.07) is 14.7. The highest BCUT2D eigenvalue weighted by atomic mass is 16.5. The quantitative estimate of drug-likeness (QED) is 0.792. The van der Waals surface area contributed by atoms with Gasteiger partial charge in [0.2, 0.25) is 0 Å². The molecule has 0 aromatic heterocycles. The summed E-state index contributed by atoms with van der Waals surface area (Å²) in [4.78, 5) is 26.0. The highest BCUT2D eigenvalue weighted by Crippen LogP contribution is 2.20. The maximum Gasteiger partial charge on any atom is 0.319 e.